The van der Waals surface area contributed by atoms with Crippen LogP contribution in [0.2, 0.25) is 0 Å². The summed E-state index contributed by atoms with van der Waals surface area (Å²) in [6.45, 7) is 5.59. The zero-order valence-electron chi connectivity index (χ0n) is 16.4. The number of hydrogen-bond donors (Lipinski definition) is 1. The first-order valence-corrected chi connectivity index (χ1v) is 13.5. The molecule has 1 nitrogen and oxygen atoms in total. The second kappa shape index (κ2) is 7.94. The Balaban J connectivity index is 1.36. The van der Waals surface area contributed by atoms with Gasteiger partial charge in [0.15, 0.2) is 0 Å². The first kappa shape index (κ1) is 18.9. The van der Waals surface area contributed by atoms with Crippen molar-refractivity contribution in [3.8, 4) is 0 Å². The van der Waals surface area contributed by atoms with Gasteiger partial charge in [0.2, 0.25) is 0 Å². The molecule has 1 N–H and O–H groups in total. The molecule has 1 aromatic carbocycles. The number of benzene rings is 1. The van der Waals surface area contributed by atoms with E-state index in [0.717, 1.165) is 6.54 Å². The fourth-order valence-electron chi connectivity index (χ4n) is 3.92. The fraction of sp³-hybridized carbons (Fsp3) is 0.391. The molecule has 0 unspecified atom stereocenters. The van der Waals surface area contributed by atoms with Crippen LogP contribution in [0.25, 0.3) is 39.0 Å². The highest BCUT2D eigenvalue weighted by atomic mass is 32.1. The molecule has 5 heteroatoms. The van der Waals surface area contributed by atoms with E-state index in [1.54, 1.807) is 0 Å². The highest BCUT2D eigenvalue weighted by molar-refractivity contribution is 7.35. The molecule has 0 aliphatic rings. The molecule has 28 heavy (non-hydrogen) atoms. The number of fused-ring (bicyclic) bond motifs is 6. The van der Waals surface area contributed by atoms with E-state index in [9.17, 15) is 0 Å². The van der Waals surface area contributed by atoms with Crippen LogP contribution in [-0.2, 0) is 0 Å². The Bertz CT molecular complexity index is 1250. The predicted molar refractivity (Wildman–Crippen MR) is 135 cm³/mol. The number of hydrogen-bond acceptors (Lipinski definition) is 5. The number of thiophene rings is 4. The smallest absolute Gasteiger partial charge is 0.0903 e. The standard InChI is InChI=1S/C23H25NS4/c1-3-4-5-6-7-8-9-24-21-13-20-23(28-21)16-12-17-15(11-18(16)27-20)22-19(26-17)10-14(2)25-22/h10-13,24H,3-9H2,1-2H3. The van der Waals surface area contributed by atoms with Gasteiger partial charge < -0.3 is 5.32 Å². The van der Waals surface area contributed by atoms with Gasteiger partial charge in [-0.3, -0.25) is 0 Å². The maximum absolute atomic E-state index is 3.67. The summed E-state index contributed by atoms with van der Waals surface area (Å²) in [7, 11) is 0. The van der Waals surface area contributed by atoms with E-state index in [4.69, 9.17) is 0 Å². The van der Waals surface area contributed by atoms with Crippen molar-refractivity contribution < 1.29 is 0 Å². The third-order valence-electron chi connectivity index (χ3n) is 5.36. The van der Waals surface area contributed by atoms with Crippen LogP contribution in [0.5, 0.6) is 0 Å². The van der Waals surface area contributed by atoms with Crippen molar-refractivity contribution in [1.29, 1.82) is 0 Å². The summed E-state index contributed by atoms with van der Waals surface area (Å²) in [4.78, 5) is 1.41. The van der Waals surface area contributed by atoms with Crippen molar-refractivity contribution in [2.45, 2.75) is 52.4 Å². The molecule has 0 spiro atoms. The molecule has 4 aromatic heterocycles. The number of aryl methyl sites for hydroxylation is 1. The first-order chi connectivity index (χ1) is 13.7. The molecule has 4 heterocycles. The van der Waals surface area contributed by atoms with Crippen molar-refractivity contribution in [3.63, 3.8) is 0 Å². The molecule has 0 bridgehead atoms. The van der Waals surface area contributed by atoms with Crippen molar-refractivity contribution in [3.05, 3.63) is 29.1 Å². The highest BCUT2D eigenvalue weighted by Crippen LogP contribution is 2.46. The average molecular weight is 444 g/mol. The van der Waals surface area contributed by atoms with Crippen LogP contribution in [0.15, 0.2) is 24.3 Å². The molecular weight excluding hydrogens is 419 g/mol. The molecular formula is C23H25NS4. The Hall–Kier alpha value is -1.14. The molecule has 146 valence electrons. The molecule has 0 saturated carbocycles. The van der Waals surface area contributed by atoms with Gasteiger partial charge in [-0.1, -0.05) is 39.0 Å². The third-order valence-corrected chi connectivity index (χ3v) is 10.0. The van der Waals surface area contributed by atoms with Crippen molar-refractivity contribution in [2.24, 2.45) is 0 Å². The minimum atomic E-state index is 1.10. The molecule has 0 aliphatic heterocycles. The Kier molecular flexibility index (Phi) is 5.35. The molecule has 0 radical (unpaired) electrons. The topological polar surface area (TPSA) is 12.0 Å². The summed E-state index contributed by atoms with van der Waals surface area (Å²) in [5.41, 5.74) is 0. The van der Waals surface area contributed by atoms with Gasteiger partial charge in [-0.2, -0.15) is 0 Å². The van der Waals surface area contributed by atoms with Crippen molar-refractivity contribution >= 4 is 89.3 Å². The Labute approximate surface area is 182 Å². The normalized spacial score (nSPS) is 12.2. The Morgan fingerprint density at radius 3 is 2.07 bits per heavy atom. The second-order valence-corrected chi connectivity index (χ2v) is 12.1. The lowest BCUT2D eigenvalue weighted by Crippen LogP contribution is -1.99. The molecule has 5 rings (SSSR count). The maximum atomic E-state index is 3.67. The first-order valence-electron chi connectivity index (χ1n) is 10.3. The van der Waals surface area contributed by atoms with Crippen LogP contribution in [-0.4, -0.2) is 6.54 Å². The van der Waals surface area contributed by atoms with E-state index in [0.29, 0.717) is 0 Å². The van der Waals surface area contributed by atoms with Gasteiger partial charge in [0.1, 0.15) is 0 Å². The summed E-state index contributed by atoms with van der Waals surface area (Å²) < 4.78 is 8.67. The van der Waals surface area contributed by atoms with Gasteiger partial charge in [-0.15, -0.1) is 45.3 Å². The summed E-state index contributed by atoms with van der Waals surface area (Å²) in [6, 6.07) is 9.56. The van der Waals surface area contributed by atoms with Gasteiger partial charge in [0, 0.05) is 41.0 Å². The van der Waals surface area contributed by atoms with Crippen molar-refractivity contribution in [2.75, 3.05) is 11.9 Å². The molecule has 5 aromatic rings. The summed E-state index contributed by atoms with van der Waals surface area (Å²) in [5.74, 6) is 0. The van der Waals surface area contributed by atoms with E-state index in [2.05, 4.69) is 43.4 Å². The van der Waals surface area contributed by atoms with Crippen LogP contribution >= 0.6 is 45.3 Å². The molecule has 0 aliphatic carbocycles. The largest absolute Gasteiger partial charge is 0.377 e. The van der Waals surface area contributed by atoms with Gasteiger partial charge in [0.25, 0.3) is 0 Å². The predicted octanol–water partition coefficient (Wildman–Crippen LogP) is 9.63. The Morgan fingerprint density at radius 2 is 1.32 bits per heavy atom. The zero-order valence-corrected chi connectivity index (χ0v) is 19.7. The SMILES string of the molecule is CCCCCCCCNc1cc2sc3cc4c(cc3c2s1)sc1cc(C)sc14. The molecule has 0 saturated heterocycles. The maximum Gasteiger partial charge on any atom is 0.0903 e. The highest BCUT2D eigenvalue weighted by Gasteiger charge is 2.14. The number of anilines is 1. The van der Waals surface area contributed by atoms with Crippen LogP contribution in [0.4, 0.5) is 5.00 Å². The number of unbranched alkanes of at least 4 members (excludes halogenated alkanes) is 5. The second-order valence-electron chi connectivity index (χ2n) is 7.60. The summed E-state index contributed by atoms with van der Waals surface area (Å²) in [6.07, 6.45) is 8.12. The lowest BCUT2D eigenvalue weighted by Gasteiger charge is -2.03. The van der Waals surface area contributed by atoms with Crippen LogP contribution in [0.1, 0.15) is 50.3 Å². The van der Waals surface area contributed by atoms with Gasteiger partial charge in [-0.25, -0.2) is 0 Å². The lowest BCUT2D eigenvalue weighted by molar-refractivity contribution is 0.617. The van der Waals surface area contributed by atoms with Gasteiger partial charge in [-0.05, 0) is 37.6 Å². The van der Waals surface area contributed by atoms with Crippen LogP contribution < -0.4 is 5.32 Å². The minimum Gasteiger partial charge on any atom is -0.377 e. The fourth-order valence-corrected chi connectivity index (χ4v) is 8.83. The zero-order chi connectivity index (χ0) is 19.1. The monoisotopic (exact) mass is 443 g/mol. The summed E-state index contributed by atoms with van der Waals surface area (Å²) >= 11 is 7.76. The lowest BCUT2D eigenvalue weighted by atomic mass is 10.1. The van der Waals surface area contributed by atoms with E-state index in [-0.39, 0.29) is 0 Å². The average Bonchev–Trinajstić information content (AvgIpc) is 3.38. The van der Waals surface area contributed by atoms with Gasteiger partial charge in [0.05, 0.1) is 14.4 Å². The molecule has 0 amide bonds. The van der Waals surface area contributed by atoms with E-state index < -0.39 is 0 Å². The number of nitrogens with one attached hydrogen (secondary N) is 1. The minimum absolute atomic E-state index is 1.10. The van der Waals surface area contributed by atoms with E-state index in [1.807, 2.05) is 45.3 Å². The third kappa shape index (κ3) is 3.47. The summed E-state index contributed by atoms with van der Waals surface area (Å²) in [5, 5.41) is 7.88. The van der Waals surface area contributed by atoms with E-state index in [1.165, 1.54) is 87.4 Å². The van der Waals surface area contributed by atoms with E-state index >= 15 is 0 Å². The van der Waals surface area contributed by atoms with Crippen LogP contribution in [0, 0.1) is 6.92 Å². The Morgan fingerprint density at radius 1 is 0.679 bits per heavy atom. The van der Waals surface area contributed by atoms with Crippen LogP contribution in [0.3, 0.4) is 0 Å². The quantitative estimate of drug-likeness (QED) is 0.235. The number of rotatable bonds is 8. The van der Waals surface area contributed by atoms with Gasteiger partial charge >= 0.3 is 0 Å². The van der Waals surface area contributed by atoms with Crippen molar-refractivity contribution in [1.82, 2.24) is 0 Å². The molecule has 0 fully saturated rings. The molecule has 0 atom stereocenters.